The van der Waals surface area contributed by atoms with Gasteiger partial charge in [0.25, 0.3) is 5.91 Å². The molecule has 1 aromatic rings. The van der Waals surface area contributed by atoms with E-state index in [4.69, 9.17) is 0 Å². The van der Waals surface area contributed by atoms with Gasteiger partial charge >= 0.3 is 0 Å². The number of rotatable bonds is 2. The monoisotopic (exact) mass is 209 g/mol. The molecule has 3 heteroatoms. The fourth-order valence-corrected chi connectivity index (χ4v) is 2.93. The van der Waals surface area contributed by atoms with Crippen molar-refractivity contribution >= 4 is 17.2 Å². The Morgan fingerprint density at radius 3 is 2.93 bits per heavy atom. The highest BCUT2D eigenvalue weighted by molar-refractivity contribution is 7.14. The van der Waals surface area contributed by atoms with Gasteiger partial charge in [-0.15, -0.1) is 11.3 Å². The number of hydrogen-bond donors (Lipinski definition) is 1. The summed E-state index contributed by atoms with van der Waals surface area (Å²) in [6.45, 7) is 3.97. The Morgan fingerprint density at radius 2 is 2.29 bits per heavy atom. The molecule has 14 heavy (non-hydrogen) atoms. The molecule has 2 rings (SSSR count). The van der Waals surface area contributed by atoms with E-state index >= 15 is 0 Å². The predicted molar refractivity (Wildman–Crippen MR) is 58.9 cm³/mol. The summed E-state index contributed by atoms with van der Waals surface area (Å²) < 4.78 is 0. The summed E-state index contributed by atoms with van der Waals surface area (Å²) in [5.41, 5.74) is 1.39. The number of aryl methyl sites for hydroxylation is 2. The van der Waals surface area contributed by atoms with Crippen LogP contribution in [0.5, 0.6) is 0 Å². The van der Waals surface area contributed by atoms with Crippen molar-refractivity contribution in [3.8, 4) is 0 Å². The van der Waals surface area contributed by atoms with Gasteiger partial charge in [-0.05, 0) is 44.7 Å². The third-order valence-corrected chi connectivity index (χ3v) is 3.63. The second-order valence-corrected chi connectivity index (χ2v) is 5.18. The summed E-state index contributed by atoms with van der Waals surface area (Å²) in [6.07, 6.45) is 3.57. The first kappa shape index (κ1) is 9.71. The minimum Gasteiger partial charge on any atom is -0.349 e. The minimum absolute atomic E-state index is 0.0828. The number of thiophene rings is 1. The molecule has 1 heterocycles. The quantitative estimate of drug-likeness (QED) is 0.796. The summed E-state index contributed by atoms with van der Waals surface area (Å²) in [7, 11) is 0. The summed E-state index contributed by atoms with van der Waals surface area (Å²) in [4.78, 5) is 14.0. The van der Waals surface area contributed by atoms with Crippen molar-refractivity contribution < 1.29 is 4.79 Å². The van der Waals surface area contributed by atoms with E-state index in [-0.39, 0.29) is 11.9 Å². The average Bonchev–Trinajstić information content (AvgIpc) is 2.58. The molecule has 1 amide bonds. The summed E-state index contributed by atoms with van der Waals surface area (Å²) >= 11 is 1.66. The van der Waals surface area contributed by atoms with E-state index in [2.05, 4.69) is 11.4 Å². The van der Waals surface area contributed by atoms with Crippen LogP contribution < -0.4 is 5.32 Å². The lowest BCUT2D eigenvalue weighted by Crippen LogP contribution is -2.29. The van der Waals surface area contributed by atoms with Crippen molar-refractivity contribution in [2.24, 2.45) is 0 Å². The highest BCUT2D eigenvalue weighted by atomic mass is 32.1. The number of carbonyl (C=O) groups is 1. The summed E-state index contributed by atoms with van der Waals surface area (Å²) in [6, 6.07) is 2.28. The van der Waals surface area contributed by atoms with E-state index in [0.29, 0.717) is 0 Å². The van der Waals surface area contributed by atoms with Gasteiger partial charge in [-0.2, -0.15) is 0 Å². The first-order valence-electron chi connectivity index (χ1n) is 5.09. The molecule has 0 aromatic carbocycles. The lowest BCUT2D eigenvalue weighted by Gasteiger charge is -2.05. The fraction of sp³-hybridized carbons (Fsp3) is 0.545. The van der Waals surface area contributed by atoms with Gasteiger partial charge in [0.05, 0.1) is 4.88 Å². The molecule has 1 N–H and O–H groups in total. The lowest BCUT2D eigenvalue weighted by molar-refractivity contribution is 0.0947. The number of fused-ring (bicyclic) bond motifs is 1. The van der Waals surface area contributed by atoms with Crippen LogP contribution in [-0.4, -0.2) is 11.9 Å². The zero-order valence-electron chi connectivity index (χ0n) is 8.59. The Morgan fingerprint density at radius 1 is 1.50 bits per heavy atom. The maximum Gasteiger partial charge on any atom is 0.261 e. The third-order valence-electron chi connectivity index (χ3n) is 2.39. The van der Waals surface area contributed by atoms with Crippen molar-refractivity contribution in [2.75, 3.05) is 0 Å². The van der Waals surface area contributed by atoms with E-state index in [1.807, 2.05) is 13.8 Å². The second kappa shape index (κ2) is 3.73. The first-order valence-corrected chi connectivity index (χ1v) is 5.91. The van der Waals surface area contributed by atoms with Crippen LogP contribution in [-0.2, 0) is 12.8 Å². The van der Waals surface area contributed by atoms with Gasteiger partial charge in [0.1, 0.15) is 0 Å². The van der Waals surface area contributed by atoms with Crippen molar-refractivity contribution in [3.63, 3.8) is 0 Å². The molecule has 0 unspecified atom stereocenters. The highest BCUT2D eigenvalue weighted by Crippen LogP contribution is 2.30. The summed E-state index contributed by atoms with van der Waals surface area (Å²) in [5, 5.41) is 2.92. The third kappa shape index (κ3) is 1.82. The molecule has 0 fully saturated rings. The van der Waals surface area contributed by atoms with E-state index in [9.17, 15) is 4.79 Å². The summed E-state index contributed by atoms with van der Waals surface area (Å²) in [5.74, 6) is 0.0828. The largest absolute Gasteiger partial charge is 0.349 e. The highest BCUT2D eigenvalue weighted by Gasteiger charge is 2.18. The molecule has 0 aliphatic heterocycles. The van der Waals surface area contributed by atoms with Gasteiger partial charge in [-0.1, -0.05) is 0 Å². The van der Waals surface area contributed by atoms with Gasteiger partial charge in [0.2, 0.25) is 0 Å². The van der Waals surface area contributed by atoms with Crippen molar-refractivity contribution in [1.82, 2.24) is 5.32 Å². The van der Waals surface area contributed by atoms with Crippen molar-refractivity contribution in [3.05, 3.63) is 21.4 Å². The molecular formula is C11H15NOS. The average molecular weight is 209 g/mol. The number of nitrogens with one attached hydrogen (secondary N) is 1. The van der Waals surface area contributed by atoms with Crippen LogP contribution in [0.1, 0.15) is 40.4 Å². The van der Waals surface area contributed by atoms with Gasteiger partial charge in [0, 0.05) is 10.9 Å². The van der Waals surface area contributed by atoms with Gasteiger partial charge in [-0.3, -0.25) is 4.79 Å². The maximum atomic E-state index is 11.7. The van der Waals surface area contributed by atoms with Gasteiger partial charge in [-0.25, -0.2) is 0 Å². The van der Waals surface area contributed by atoms with Gasteiger partial charge < -0.3 is 5.32 Å². The molecule has 76 valence electrons. The van der Waals surface area contributed by atoms with E-state index < -0.39 is 0 Å². The molecule has 1 aliphatic rings. The number of amides is 1. The van der Waals surface area contributed by atoms with Crippen LogP contribution in [0.15, 0.2) is 6.07 Å². The van der Waals surface area contributed by atoms with Crippen molar-refractivity contribution in [1.29, 1.82) is 0 Å². The van der Waals surface area contributed by atoms with E-state index in [1.54, 1.807) is 11.3 Å². The van der Waals surface area contributed by atoms with E-state index in [1.165, 1.54) is 16.9 Å². The Hall–Kier alpha value is -0.830. The molecule has 0 saturated heterocycles. The number of carbonyl (C=O) groups excluding carboxylic acids is 1. The number of hydrogen-bond acceptors (Lipinski definition) is 2. The zero-order chi connectivity index (χ0) is 10.1. The lowest BCUT2D eigenvalue weighted by atomic mass is 10.2. The SMILES string of the molecule is CC(C)NC(=O)c1cc2c(s1)CCC2. The second-order valence-electron chi connectivity index (χ2n) is 4.04. The Balaban J connectivity index is 2.13. The predicted octanol–water partition coefficient (Wildman–Crippen LogP) is 2.38. The zero-order valence-corrected chi connectivity index (χ0v) is 9.41. The Labute approximate surface area is 88.3 Å². The molecule has 0 atom stereocenters. The molecule has 0 bridgehead atoms. The molecule has 0 spiro atoms. The Bertz CT molecular complexity index is 333. The molecule has 1 aliphatic carbocycles. The van der Waals surface area contributed by atoms with Crippen LogP contribution in [0.4, 0.5) is 0 Å². The van der Waals surface area contributed by atoms with E-state index in [0.717, 1.165) is 17.7 Å². The fourth-order valence-electron chi connectivity index (χ4n) is 1.77. The van der Waals surface area contributed by atoms with Crippen LogP contribution in [0.25, 0.3) is 0 Å². The molecule has 0 radical (unpaired) electrons. The Kier molecular flexibility index (Phi) is 2.59. The van der Waals surface area contributed by atoms with Crippen LogP contribution >= 0.6 is 11.3 Å². The first-order chi connectivity index (χ1) is 6.66. The molecule has 0 saturated carbocycles. The minimum atomic E-state index is 0.0828. The topological polar surface area (TPSA) is 29.1 Å². The van der Waals surface area contributed by atoms with Crippen LogP contribution in [0.3, 0.4) is 0 Å². The molecule has 1 aromatic heterocycles. The van der Waals surface area contributed by atoms with Gasteiger partial charge in [0.15, 0.2) is 0 Å². The maximum absolute atomic E-state index is 11.7. The smallest absolute Gasteiger partial charge is 0.261 e. The molecular weight excluding hydrogens is 194 g/mol. The van der Waals surface area contributed by atoms with Crippen LogP contribution in [0.2, 0.25) is 0 Å². The molecule has 2 nitrogen and oxygen atoms in total. The van der Waals surface area contributed by atoms with Crippen LogP contribution in [0, 0.1) is 0 Å². The standard InChI is InChI=1S/C11H15NOS/c1-7(2)12-11(13)10-6-8-4-3-5-9(8)14-10/h6-7H,3-5H2,1-2H3,(H,12,13). The normalized spacial score (nSPS) is 14.5. The van der Waals surface area contributed by atoms with Crippen molar-refractivity contribution in [2.45, 2.75) is 39.2 Å².